The SMILES string of the molecule is CCCCCCCCCCC[C@]1(COCc2ccccc2)CC(C)CC(OC)O1. The van der Waals surface area contributed by atoms with Crippen molar-refractivity contribution in [2.45, 2.75) is 109 Å². The monoisotopic (exact) mass is 404 g/mol. The van der Waals surface area contributed by atoms with Crippen LogP contribution in [0, 0.1) is 5.92 Å². The lowest BCUT2D eigenvalue weighted by molar-refractivity contribution is -0.255. The Hall–Kier alpha value is -0.900. The average Bonchev–Trinajstić information content (AvgIpc) is 2.73. The highest BCUT2D eigenvalue weighted by molar-refractivity contribution is 5.13. The minimum atomic E-state index is -0.200. The molecule has 0 aromatic heterocycles. The van der Waals surface area contributed by atoms with Crippen LogP contribution in [0.5, 0.6) is 0 Å². The van der Waals surface area contributed by atoms with Gasteiger partial charge in [-0.15, -0.1) is 0 Å². The fourth-order valence-electron chi connectivity index (χ4n) is 4.58. The molecule has 1 heterocycles. The van der Waals surface area contributed by atoms with Crippen molar-refractivity contribution < 1.29 is 14.2 Å². The van der Waals surface area contributed by atoms with Gasteiger partial charge in [0.05, 0.1) is 18.8 Å². The maximum atomic E-state index is 6.46. The first-order chi connectivity index (χ1) is 14.2. The van der Waals surface area contributed by atoms with Crippen LogP contribution >= 0.6 is 0 Å². The van der Waals surface area contributed by atoms with Crippen LogP contribution in [0.15, 0.2) is 30.3 Å². The molecule has 166 valence electrons. The molecule has 0 spiro atoms. The maximum Gasteiger partial charge on any atom is 0.158 e. The van der Waals surface area contributed by atoms with Crippen LogP contribution < -0.4 is 0 Å². The van der Waals surface area contributed by atoms with Crippen LogP contribution in [0.2, 0.25) is 0 Å². The minimum absolute atomic E-state index is 0.0994. The summed E-state index contributed by atoms with van der Waals surface area (Å²) in [6.45, 7) is 5.90. The predicted octanol–water partition coefficient (Wildman–Crippen LogP) is 7.28. The van der Waals surface area contributed by atoms with Crippen LogP contribution in [0.1, 0.15) is 96.5 Å². The molecular formula is C26H44O3. The molecule has 0 N–H and O–H groups in total. The van der Waals surface area contributed by atoms with Gasteiger partial charge < -0.3 is 14.2 Å². The Labute approximate surface area is 179 Å². The van der Waals surface area contributed by atoms with Gasteiger partial charge in [0.1, 0.15) is 0 Å². The van der Waals surface area contributed by atoms with Crippen molar-refractivity contribution in [2.75, 3.05) is 13.7 Å². The molecule has 3 nitrogen and oxygen atoms in total. The second-order valence-corrected chi connectivity index (χ2v) is 9.07. The van der Waals surface area contributed by atoms with Gasteiger partial charge in [-0.05, 0) is 24.3 Å². The Morgan fingerprint density at radius 3 is 2.28 bits per heavy atom. The second kappa shape index (κ2) is 14.2. The largest absolute Gasteiger partial charge is 0.374 e. The van der Waals surface area contributed by atoms with Gasteiger partial charge in [-0.1, -0.05) is 102 Å². The fourth-order valence-corrected chi connectivity index (χ4v) is 4.58. The number of hydrogen-bond donors (Lipinski definition) is 0. The fraction of sp³-hybridized carbons (Fsp3) is 0.769. The first-order valence-electron chi connectivity index (χ1n) is 12.0. The number of methoxy groups -OCH3 is 1. The lowest BCUT2D eigenvalue weighted by Crippen LogP contribution is -2.47. The van der Waals surface area contributed by atoms with E-state index in [2.05, 4.69) is 38.1 Å². The maximum absolute atomic E-state index is 6.46. The zero-order chi connectivity index (χ0) is 20.8. The highest BCUT2D eigenvalue weighted by atomic mass is 16.7. The summed E-state index contributed by atoms with van der Waals surface area (Å²) in [5.74, 6) is 0.604. The molecule has 1 aliphatic heterocycles. The number of benzene rings is 1. The summed E-state index contributed by atoms with van der Waals surface area (Å²) in [5, 5.41) is 0. The molecule has 0 saturated carbocycles. The highest BCUT2D eigenvalue weighted by Crippen LogP contribution is 2.37. The van der Waals surface area contributed by atoms with E-state index in [1.54, 1.807) is 7.11 Å². The van der Waals surface area contributed by atoms with Gasteiger partial charge in [0.15, 0.2) is 6.29 Å². The smallest absolute Gasteiger partial charge is 0.158 e. The summed E-state index contributed by atoms with van der Waals surface area (Å²) in [6.07, 6.45) is 15.2. The summed E-state index contributed by atoms with van der Waals surface area (Å²) in [5.41, 5.74) is 1.02. The Morgan fingerprint density at radius 1 is 0.966 bits per heavy atom. The van der Waals surface area contributed by atoms with Crippen molar-refractivity contribution in [1.82, 2.24) is 0 Å². The second-order valence-electron chi connectivity index (χ2n) is 9.07. The van der Waals surface area contributed by atoms with Crippen molar-refractivity contribution >= 4 is 0 Å². The summed E-state index contributed by atoms with van der Waals surface area (Å²) in [7, 11) is 1.76. The first-order valence-corrected chi connectivity index (χ1v) is 12.0. The average molecular weight is 405 g/mol. The summed E-state index contributed by atoms with van der Waals surface area (Å²) < 4.78 is 18.2. The molecule has 1 aromatic carbocycles. The standard InChI is InChI=1S/C26H44O3/c1-4-5-6-7-8-9-10-11-15-18-26(20-23(2)19-25(27-3)29-26)22-28-21-24-16-13-12-14-17-24/h12-14,16-17,23,25H,4-11,15,18-22H2,1-3H3/t23?,25?,26-/m1/s1. The lowest BCUT2D eigenvalue weighted by atomic mass is 9.83. The molecule has 2 rings (SSSR count). The molecule has 29 heavy (non-hydrogen) atoms. The summed E-state index contributed by atoms with van der Waals surface area (Å²) in [4.78, 5) is 0. The van der Waals surface area contributed by atoms with Gasteiger partial charge in [-0.2, -0.15) is 0 Å². The molecule has 3 atom stereocenters. The molecule has 1 aliphatic rings. The molecule has 1 aromatic rings. The molecule has 1 saturated heterocycles. The molecule has 3 heteroatoms. The van der Waals surface area contributed by atoms with E-state index in [0.717, 1.165) is 19.3 Å². The van der Waals surface area contributed by atoms with Crippen LogP contribution in [0.25, 0.3) is 0 Å². The van der Waals surface area contributed by atoms with Crippen molar-refractivity contribution in [3.05, 3.63) is 35.9 Å². The van der Waals surface area contributed by atoms with Crippen LogP contribution in [-0.2, 0) is 20.8 Å². The van der Waals surface area contributed by atoms with Gasteiger partial charge in [0.25, 0.3) is 0 Å². The van der Waals surface area contributed by atoms with E-state index in [-0.39, 0.29) is 11.9 Å². The van der Waals surface area contributed by atoms with E-state index in [1.165, 1.54) is 63.4 Å². The quantitative estimate of drug-likeness (QED) is 0.287. The Bertz CT molecular complexity index is 518. The number of unbranched alkanes of at least 4 members (excludes halogenated alkanes) is 8. The van der Waals surface area contributed by atoms with E-state index in [1.807, 2.05) is 6.07 Å². The van der Waals surface area contributed by atoms with Crippen molar-refractivity contribution in [3.63, 3.8) is 0 Å². The van der Waals surface area contributed by atoms with Crippen LogP contribution in [0.4, 0.5) is 0 Å². The number of rotatable bonds is 15. The van der Waals surface area contributed by atoms with Gasteiger partial charge in [-0.25, -0.2) is 0 Å². The Morgan fingerprint density at radius 2 is 1.62 bits per heavy atom. The number of ether oxygens (including phenoxy) is 3. The van der Waals surface area contributed by atoms with Crippen molar-refractivity contribution in [3.8, 4) is 0 Å². The van der Waals surface area contributed by atoms with Crippen molar-refractivity contribution in [2.24, 2.45) is 5.92 Å². The van der Waals surface area contributed by atoms with E-state index >= 15 is 0 Å². The van der Waals surface area contributed by atoms with Crippen molar-refractivity contribution in [1.29, 1.82) is 0 Å². The van der Waals surface area contributed by atoms with Gasteiger partial charge in [0, 0.05) is 13.5 Å². The van der Waals surface area contributed by atoms with E-state index in [0.29, 0.717) is 19.1 Å². The topological polar surface area (TPSA) is 27.7 Å². The minimum Gasteiger partial charge on any atom is -0.374 e. The predicted molar refractivity (Wildman–Crippen MR) is 121 cm³/mol. The lowest BCUT2D eigenvalue weighted by Gasteiger charge is -2.43. The van der Waals surface area contributed by atoms with E-state index < -0.39 is 0 Å². The molecule has 0 aliphatic carbocycles. The molecule has 0 radical (unpaired) electrons. The molecule has 1 fully saturated rings. The molecule has 0 bridgehead atoms. The third kappa shape index (κ3) is 9.63. The number of hydrogen-bond acceptors (Lipinski definition) is 3. The van der Waals surface area contributed by atoms with E-state index in [4.69, 9.17) is 14.2 Å². The third-order valence-corrected chi connectivity index (χ3v) is 6.17. The first kappa shape index (κ1) is 24.4. The highest BCUT2D eigenvalue weighted by Gasteiger charge is 2.40. The molecule has 0 amide bonds. The van der Waals surface area contributed by atoms with E-state index in [9.17, 15) is 0 Å². The zero-order valence-corrected chi connectivity index (χ0v) is 19.2. The summed E-state index contributed by atoms with van der Waals surface area (Å²) >= 11 is 0. The van der Waals surface area contributed by atoms with Gasteiger partial charge >= 0.3 is 0 Å². The Balaban J connectivity index is 1.76. The molecule has 2 unspecified atom stereocenters. The third-order valence-electron chi connectivity index (χ3n) is 6.17. The van der Waals surface area contributed by atoms with Crippen LogP contribution in [-0.4, -0.2) is 25.6 Å². The Kier molecular flexibility index (Phi) is 11.9. The zero-order valence-electron chi connectivity index (χ0n) is 19.2. The summed E-state index contributed by atoms with van der Waals surface area (Å²) in [6, 6.07) is 10.4. The normalized spacial score (nSPS) is 24.7. The molecular weight excluding hydrogens is 360 g/mol. The van der Waals surface area contributed by atoms with Gasteiger partial charge in [0.2, 0.25) is 0 Å². The van der Waals surface area contributed by atoms with Gasteiger partial charge in [-0.3, -0.25) is 0 Å². The van der Waals surface area contributed by atoms with Crippen LogP contribution in [0.3, 0.4) is 0 Å².